The Balaban J connectivity index is 0. The molecule has 2 N–H and O–H groups in total. The molecule has 0 fully saturated rings. The van der Waals surface area contributed by atoms with Crippen LogP contribution in [-0.2, 0) is 0 Å². The molecular weight excluding hydrogens is 731 g/mol. The number of hydrogen-bond donors (Lipinski definition) is 0. The molecule has 0 saturated carbocycles. The third kappa shape index (κ3) is 25.0. The first-order chi connectivity index (χ1) is 2.00. The van der Waals surface area contributed by atoms with Crippen LogP contribution in [0.5, 0.6) is 0 Å². The minimum absolute atomic E-state index is 0. The topological polar surface area (TPSA) is 31.5 Å². The van der Waals surface area contributed by atoms with Gasteiger partial charge in [-0.1, -0.05) is 0 Å². The number of hydrogen-bond acceptors (Lipinski definition) is 0. The van der Waals surface area contributed by atoms with E-state index < -0.39 is 4.00 Å². The van der Waals surface area contributed by atoms with Crippen molar-refractivity contribution in [1.82, 2.24) is 0 Å². The Labute approximate surface area is 77.5 Å². The van der Waals surface area contributed by atoms with Gasteiger partial charge in [0, 0.05) is 0 Å². The van der Waals surface area contributed by atoms with Gasteiger partial charge in [-0.3, -0.25) is 0 Å². The molecule has 0 unspecified atom stereocenters. The molecule has 0 aromatic carbocycles. The van der Waals surface area contributed by atoms with E-state index in [0.29, 0.717) is 0 Å². The van der Waals surface area contributed by atoms with E-state index in [4.69, 9.17) is 0 Å². The van der Waals surface area contributed by atoms with Crippen molar-refractivity contribution in [2.75, 3.05) is 0 Å². The van der Waals surface area contributed by atoms with Crippen molar-refractivity contribution in [2.45, 2.75) is 0 Å². The summed E-state index contributed by atoms with van der Waals surface area (Å²) in [5.74, 6) is 0. The quantitative estimate of drug-likeness (QED) is 0.271. The summed E-state index contributed by atoms with van der Waals surface area (Å²) in [5.41, 5.74) is 0. The average molecular weight is 733 g/mol. The van der Waals surface area contributed by atoms with Crippen molar-refractivity contribution in [1.29, 1.82) is 0 Å². The molecule has 0 aliphatic heterocycles. The molecule has 0 bridgehead atoms. The van der Waals surface area contributed by atoms with Crippen LogP contribution in [0.2, 0.25) is 0 Å². The van der Waals surface area contributed by atoms with Crippen molar-refractivity contribution >= 4 is 75.0 Å². The van der Waals surface area contributed by atoms with E-state index in [1.807, 2.05) is 0 Å². The first-order valence-electron chi connectivity index (χ1n) is 0.756. The summed E-state index contributed by atoms with van der Waals surface area (Å²) in [5, 5.41) is 0. The molecule has 0 saturated heterocycles. The Morgan fingerprint density at radius 1 is 0.833 bits per heavy atom. The molecule has 0 aliphatic carbocycles. The number of halogens is 4. The van der Waals surface area contributed by atoms with Crippen LogP contribution < -0.4 is 0 Å². The van der Waals surface area contributed by atoms with E-state index in [-0.39, 0.29) is 5.48 Å². The molecule has 0 aromatic heterocycles. The van der Waals surface area contributed by atoms with Crippen molar-refractivity contribution < 1.29 is 5.48 Å². The van der Waals surface area contributed by atoms with Crippen molar-refractivity contribution in [2.24, 2.45) is 0 Å². The van der Waals surface area contributed by atoms with E-state index in [1.54, 1.807) is 0 Å². The maximum atomic E-state index is 2.56. The first kappa shape index (κ1) is 12.5. The van der Waals surface area contributed by atoms with Crippen LogP contribution in [0.1, 0.15) is 0 Å². The fourth-order valence-corrected chi connectivity index (χ4v) is 0. The zero-order valence-corrected chi connectivity index (χ0v) is 15.0. The monoisotopic (exact) mass is 734 g/mol. The average Bonchev–Trinajstić information content (AvgIpc) is 0.722. The van der Waals surface area contributed by atoms with Crippen LogP contribution in [0.4, 0.5) is 0 Å². The van der Waals surface area contributed by atoms with Gasteiger partial charge in [-0.05, 0) is 0 Å². The van der Waals surface area contributed by atoms with E-state index in [2.05, 4.69) is 71.0 Å². The van der Waals surface area contributed by atoms with Crippen LogP contribution in [0.15, 0.2) is 0 Å². The molecule has 0 rings (SSSR count). The third-order valence-electron chi connectivity index (χ3n) is 0. The third-order valence-corrected chi connectivity index (χ3v) is 0. The molecular formula is H2I4OPb. The molecule has 6 heteroatoms. The summed E-state index contributed by atoms with van der Waals surface area (Å²) in [7, 11) is 0. The van der Waals surface area contributed by atoms with Gasteiger partial charge in [0.25, 0.3) is 0 Å². The van der Waals surface area contributed by atoms with Gasteiger partial charge in [-0.2, -0.15) is 0 Å². The van der Waals surface area contributed by atoms with Gasteiger partial charge in [-0.15, -0.1) is 0 Å². The molecule has 1 nitrogen and oxygen atoms in total. The van der Waals surface area contributed by atoms with Crippen LogP contribution in [-0.4, -0.2) is 9.48 Å². The SMILES string of the molecule is O.[I][Pb]([I])([I])[I]. The summed E-state index contributed by atoms with van der Waals surface area (Å²) in [6, 6.07) is 0. The van der Waals surface area contributed by atoms with E-state index in [1.165, 1.54) is 0 Å². The normalized spacial score (nSPS) is 10.0. The Kier molecular flexibility index (Phi) is 11.6. The molecule has 6 heavy (non-hydrogen) atoms. The van der Waals surface area contributed by atoms with Gasteiger partial charge >= 0.3 is 75.0 Å². The second-order valence-corrected chi connectivity index (χ2v) is 169. The Morgan fingerprint density at radius 2 is 0.833 bits per heavy atom. The van der Waals surface area contributed by atoms with Crippen LogP contribution in [0.3, 0.4) is 0 Å². The second-order valence-electron chi connectivity index (χ2n) is 0.429. The molecule has 0 heterocycles. The number of rotatable bonds is 0. The van der Waals surface area contributed by atoms with Crippen LogP contribution in [0, 0.1) is 0 Å². The standard InChI is InChI=1S/4HI.H2O.Pb/h4*1H;1H2;/q;;;;;+4/p-4. The second kappa shape index (κ2) is 5.58. The van der Waals surface area contributed by atoms with Crippen LogP contribution >= 0.6 is 71.0 Å². The minimum atomic E-state index is -1.40. The van der Waals surface area contributed by atoms with Gasteiger partial charge in [-0.25, -0.2) is 0 Å². The van der Waals surface area contributed by atoms with Gasteiger partial charge in [0.1, 0.15) is 0 Å². The predicted octanol–water partition coefficient (Wildman–Crippen LogP) is 2.34. The van der Waals surface area contributed by atoms with Gasteiger partial charge in [0.15, 0.2) is 0 Å². The summed E-state index contributed by atoms with van der Waals surface area (Å²) in [4.78, 5) is 0. The van der Waals surface area contributed by atoms with Crippen LogP contribution in [0.25, 0.3) is 0 Å². The Hall–Kier alpha value is 3.80. The van der Waals surface area contributed by atoms with E-state index in [0.717, 1.165) is 0 Å². The maximum absolute atomic E-state index is 2.56. The summed E-state index contributed by atoms with van der Waals surface area (Å²) in [6.45, 7) is 0. The van der Waals surface area contributed by atoms with Gasteiger partial charge < -0.3 is 5.48 Å². The molecule has 0 aromatic rings. The van der Waals surface area contributed by atoms with E-state index in [9.17, 15) is 0 Å². The van der Waals surface area contributed by atoms with Crippen molar-refractivity contribution in [3.05, 3.63) is 0 Å². The van der Waals surface area contributed by atoms with Gasteiger partial charge in [0.2, 0.25) is 0 Å². The van der Waals surface area contributed by atoms with Crippen molar-refractivity contribution in [3.63, 3.8) is 0 Å². The summed E-state index contributed by atoms with van der Waals surface area (Å²) >= 11 is 10.2. The summed E-state index contributed by atoms with van der Waals surface area (Å²) in [6.07, 6.45) is 0. The molecule has 40 valence electrons. The fourth-order valence-electron chi connectivity index (χ4n) is 0. The Bertz CT molecular complexity index is 23.0. The van der Waals surface area contributed by atoms with Crippen molar-refractivity contribution in [3.8, 4) is 0 Å². The Morgan fingerprint density at radius 3 is 0.833 bits per heavy atom. The summed E-state index contributed by atoms with van der Waals surface area (Å²) < 4.78 is -1.40. The zero-order chi connectivity index (χ0) is 4.50. The molecule has 0 atom stereocenters. The molecule has 0 aliphatic rings. The predicted molar refractivity (Wildman–Crippen MR) is 65.4 cm³/mol. The van der Waals surface area contributed by atoms with Gasteiger partial charge in [0.05, 0.1) is 0 Å². The molecule has 0 radical (unpaired) electrons. The van der Waals surface area contributed by atoms with E-state index >= 15 is 0 Å². The molecule has 0 spiro atoms. The molecule has 0 amide bonds. The first-order valence-corrected chi connectivity index (χ1v) is 44.5. The fraction of sp³-hybridized carbons (Fsp3) is 0. The zero-order valence-electron chi connectivity index (χ0n) is 2.51.